The van der Waals surface area contributed by atoms with E-state index in [9.17, 15) is 0 Å². The second-order valence-corrected chi connectivity index (χ2v) is 6.02. The molecule has 0 bridgehead atoms. The third kappa shape index (κ3) is 3.08. The first-order chi connectivity index (χ1) is 7.79. The summed E-state index contributed by atoms with van der Waals surface area (Å²) >= 11 is 1.82. The highest BCUT2D eigenvalue weighted by molar-refractivity contribution is 7.07. The first kappa shape index (κ1) is 12.1. The van der Waals surface area contributed by atoms with E-state index in [1.807, 2.05) is 11.3 Å². The number of hydrogen-bond acceptors (Lipinski definition) is 2. The SMILES string of the molecule is CNC1CCC(C)CC1CCc1ccsc1. The molecule has 0 amide bonds. The Morgan fingerprint density at radius 2 is 2.31 bits per heavy atom. The molecule has 1 fully saturated rings. The average molecular weight is 237 g/mol. The fourth-order valence-corrected chi connectivity index (χ4v) is 3.69. The van der Waals surface area contributed by atoms with E-state index in [0.29, 0.717) is 0 Å². The van der Waals surface area contributed by atoms with Gasteiger partial charge >= 0.3 is 0 Å². The van der Waals surface area contributed by atoms with Crippen LogP contribution in [0.4, 0.5) is 0 Å². The summed E-state index contributed by atoms with van der Waals surface area (Å²) < 4.78 is 0. The van der Waals surface area contributed by atoms with Gasteiger partial charge < -0.3 is 5.32 Å². The number of hydrogen-bond donors (Lipinski definition) is 1. The molecule has 1 aliphatic rings. The molecular weight excluding hydrogens is 214 g/mol. The van der Waals surface area contributed by atoms with Crippen LogP contribution < -0.4 is 5.32 Å². The van der Waals surface area contributed by atoms with Crippen LogP contribution in [0.5, 0.6) is 0 Å². The highest BCUT2D eigenvalue weighted by Crippen LogP contribution is 2.32. The van der Waals surface area contributed by atoms with E-state index in [4.69, 9.17) is 0 Å². The van der Waals surface area contributed by atoms with E-state index >= 15 is 0 Å². The van der Waals surface area contributed by atoms with Gasteiger partial charge in [0.2, 0.25) is 0 Å². The Balaban J connectivity index is 1.85. The summed E-state index contributed by atoms with van der Waals surface area (Å²) in [5, 5.41) is 7.99. The Kier molecular flexibility index (Phi) is 4.42. The third-order valence-corrected chi connectivity index (χ3v) is 4.73. The van der Waals surface area contributed by atoms with Gasteiger partial charge in [0.1, 0.15) is 0 Å². The zero-order valence-electron chi connectivity index (χ0n) is 10.4. The van der Waals surface area contributed by atoms with Crippen LogP contribution >= 0.6 is 11.3 Å². The zero-order valence-corrected chi connectivity index (χ0v) is 11.2. The second-order valence-electron chi connectivity index (χ2n) is 5.24. The molecule has 1 heterocycles. The van der Waals surface area contributed by atoms with Gasteiger partial charge in [-0.05, 0) is 73.4 Å². The molecule has 90 valence electrons. The van der Waals surface area contributed by atoms with Crippen LogP contribution in [-0.2, 0) is 6.42 Å². The maximum Gasteiger partial charge on any atom is 0.00926 e. The van der Waals surface area contributed by atoms with Crippen molar-refractivity contribution in [3.05, 3.63) is 22.4 Å². The highest BCUT2D eigenvalue weighted by Gasteiger charge is 2.26. The number of nitrogens with one attached hydrogen (secondary N) is 1. The van der Waals surface area contributed by atoms with Gasteiger partial charge in [-0.2, -0.15) is 11.3 Å². The van der Waals surface area contributed by atoms with E-state index in [-0.39, 0.29) is 0 Å². The topological polar surface area (TPSA) is 12.0 Å². The molecule has 1 N–H and O–H groups in total. The van der Waals surface area contributed by atoms with Crippen molar-refractivity contribution in [2.45, 2.75) is 45.1 Å². The summed E-state index contributed by atoms with van der Waals surface area (Å²) in [7, 11) is 2.12. The Hall–Kier alpha value is -0.340. The minimum absolute atomic E-state index is 0.759. The molecule has 2 heteroatoms. The fourth-order valence-electron chi connectivity index (χ4n) is 2.98. The van der Waals surface area contributed by atoms with Crippen molar-refractivity contribution in [2.24, 2.45) is 11.8 Å². The molecule has 0 spiro atoms. The number of rotatable bonds is 4. The summed E-state index contributed by atoms with van der Waals surface area (Å²) in [6.45, 7) is 2.41. The largest absolute Gasteiger partial charge is 0.317 e. The molecule has 0 radical (unpaired) electrons. The van der Waals surface area contributed by atoms with Crippen molar-refractivity contribution < 1.29 is 0 Å². The molecule has 1 saturated carbocycles. The highest BCUT2D eigenvalue weighted by atomic mass is 32.1. The smallest absolute Gasteiger partial charge is 0.00926 e. The predicted molar refractivity (Wildman–Crippen MR) is 72.0 cm³/mol. The van der Waals surface area contributed by atoms with Crippen LogP contribution in [-0.4, -0.2) is 13.1 Å². The van der Waals surface area contributed by atoms with Gasteiger partial charge in [0, 0.05) is 6.04 Å². The minimum atomic E-state index is 0.759. The molecule has 16 heavy (non-hydrogen) atoms. The monoisotopic (exact) mass is 237 g/mol. The Morgan fingerprint density at radius 3 is 3.00 bits per heavy atom. The summed E-state index contributed by atoms with van der Waals surface area (Å²) in [5.74, 6) is 1.81. The first-order valence-corrected chi connectivity index (χ1v) is 7.42. The van der Waals surface area contributed by atoms with Crippen LogP contribution in [0, 0.1) is 11.8 Å². The molecule has 1 aromatic heterocycles. The summed E-state index contributed by atoms with van der Waals surface area (Å²) in [5.41, 5.74) is 1.53. The van der Waals surface area contributed by atoms with E-state index in [2.05, 4.69) is 36.1 Å². The van der Waals surface area contributed by atoms with Crippen molar-refractivity contribution >= 4 is 11.3 Å². The maximum atomic E-state index is 3.51. The molecule has 1 aliphatic carbocycles. The molecular formula is C14H23NS. The van der Waals surface area contributed by atoms with Crippen LogP contribution in [0.2, 0.25) is 0 Å². The second kappa shape index (κ2) is 5.83. The molecule has 1 aromatic rings. The van der Waals surface area contributed by atoms with Crippen LogP contribution in [0.25, 0.3) is 0 Å². The number of aryl methyl sites for hydroxylation is 1. The maximum absolute atomic E-state index is 3.51. The van der Waals surface area contributed by atoms with Gasteiger partial charge in [0.05, 0.1) is 0 Å². The van der Waals surface area contributed by atoms with Crippen LogP contribution in [0.15, 0.2) is 16.8 Å². The molecule has 0 saturated heterocycles. The summed E-state index contributed by atoms with van der Waals surface area (Å²) in [6, 6.07) is 3.03. The molecule has 3 unspecified atom stereocenters. The average Bonchev–Trinajstić information content (AvgIpc) is 2.79. The van der Waals surface area contributed by atoms with Gasteiger partial charge in [-0.3, -0.25) is 0 Å². The third-order valence-electron chi connectivity index (χ3n) is 4.00. The standard InChI is InChI=1S/C14H23NS/c1-11-3-6-14(15-2)13(9-11)5-4-12-7-8-16-10-12/h7-8,10-11,13-15H,3-6,9H2,1-2H3. The van der Waals surface area contributed by atoms with Crippen molar-refractivity contribution in [3.8, 4) is 0 Å². The van der Waals surface area contributed by atoms with Crippen molar-refractivity contribution in [3.63, 3.8) is 0 Å². The lowest BCUT2D eigenvalue weighted by molar-refractivity contribution is 0.211. The van der Waals surface area contributed by atoms with E-state index in [1.54, 1.807) is 0 Å². The molecule has 0 aromatic carbocycles. The zero-order chi connectivity index (χ0) is 11.4. The molecule has 1 nitrogen and oxygen atoms in total. The molecule has 2 rings (SSSR count). The Morgan fingerprint density at radius 1 is 1.44 bits per heavy atom. The summed E-state index contributed by atoms with van der Waals surface area (Å²) in [6.07, 6.45) is 6.80. The Labute approximate surface area is 103 Å². The first-order valence-electron chi connectivity index (χ1n) is 6.48. The number of thiophene rings is 1. The van der Waals surface area contributed by atoms with Gasteiger partial charge in [-0.25, -0.2) is 0 Å². The lowest BCUT2D eigenvalue weighted by atomic mass is 9.76. The normalized spacial score (nSPS) is 30.5. The lowest BCUT2D eigenvalue weighted by Crippen LogP contribution is -2.38. The van der Waals surface area contributed by atoms with E-state index in [0.717, 1.165) is 17.9 Å². The van der Waals surface area contributed by atoms with Crippen molar-refractivity contribution in [1.29, 1.82) is 0 Å². The Bertz CT molecular complexity index is 294. The van der Waals surface area contributed by atoms with Crippen molar-refractivity contribution in [1.82, 2.24) is 5.32 Å². The molecule has 0 aliphatic heterocycles. The van der Waals surface area contributed by atoms with Crippen LogP contribution in [0.1, 0.15) is 38.2 Å². The quantitative estimate of drug-likeness (QED) is 0.842. The van der Waals surface area contributed by atoms with Crippen molar-refractivity contribution in [2.75, 3.05) is 7.05 Å². The van der Waals surface area contributed by atoms with E-state index in [1.165, 1.54) is 37.7 Å². The van der Waals surface area contributed by atoms with Gasteiger partial charge in [0.25, 0.3) is 0 Å². The predicted octanol–water partition coefficient (Wildman–Crippen LogP) is 3.70. The molecule has 3 atom stereocenters. The van der Waals surface area contributed by atoms with Crippen LogP contribution in [0.3, 0.4) is 0 Å². The van der Waals surface area contributed by atoms with Gasteiger partial charge in [-0.1, -0.05) is 6.92 Å². The van der Waals surface area contributed by atoms with Gasteiger partial charge in [0.15, 0.2) is 0 Å². The fraction of sp³-hybridized carbons (Fsp3) is 0.714. The summed E-state index contributed by atoms with van der Waals surface area (Å²) in [4.78, 5) is 0. The minimum Gasteiger partial charge on any atom is -0.317 e. The van der Waals surface area contributed by atoms with E-state index < -0.39 is 0 Å². The van der Waals surface area contributed by atoms with Gasteiger partial charge in [-0.15, -0.1) is 0 Å². The lowest BCUT2D eigenvalue weighted by Gasteiger charge is -2.34.